The number of rotatable bonds is 8. The van der Waals surface area contributed by atoms with Crippen LogP contribution in [0.5, 0.6) is 0 Å². The predicted molar refractivity (Wildman–Crippen MR) is 146 cm³/mol. The van der Waals surface area contributed by atoms with Crippen molar-refractivity contribution in [2.24, 2.45) is 20.5 Å². The van der Waals surface area contributed by atoms with E-state index in [1.54, 1.807) is 55.5 Å². The van der Waals surface area contributed by atoms with Gasteiger partial charge in [0.05, 0.1) is 11.4 Å². The second-order valence-corrected chi connectivity index (χ2v) is 8.18. The van der Waals surface area contributed by atoms with Gasteiger partial charge in [0, 0.05) is 5.57 Å². The molecule has 0 amide bonds. The van der Waals surface area contributed by atoms with Gasteiger partial charge in [-0.25, -0.2) is 4.79 Å². The second-order valence-electron chi connectivity index (χ2n) is 8.18. The Balaban J connectivity index is 0.000000223. The van der Waals surface area contributed by atoms with Gasteiger partial charge in [-0.2, -0.15) is 10.5 Å². The lowest BCUT2D eigenvalue weighted by Crippen LogP contribution is -2.04. The smallest absolute Gasteiger partial charge is 0.333 e. The van der Waals surface area contributed by atoms with Crippen molar-refractivity contribution in [3.8, 4) is 12.1 Å². The average molecular weight is 519 g/mol. The Morgan fingerprint density at radius 3 is 1.62 bits per heavy atom. The first-order chi connectivity index (χ1) is 18.9. The molecule has 0 aliphatic rings. The van der Waals surface area contributed by atoms with Crippen LogP contribution in [-0.2, 0) is 22.6 Å². The summed E-state index contributed by atoms with van der Waals surface area (Å²) >= 11 is 0. The molecule has 39 heavy (non-hydrogen) atoms. The van der Waals surface area contributed by atoms with Gasteiger partial charge < -0.3 is 14.7 Å². The van der Waals surface area contributed by atoms with Crippen LogP contribution in [0.2, 0.25) is 0 Å². The number of ether oxygens (including phenoxy) is 1. The zero-order chi connectivity index (χ0) is 28.0. The van der Waals surface area contributed by atoms with Gasteiger partial charge in [0.2, 0.25) is 0 Å². The zero-order valence-electron chi connectivity index (χ0n) is 21.5. The third-order valence-corrected chi connectivity index (χ3v) is 5.13. The Morgan fingerprint density at radius 1 is 0.769 bits per heavy atom. The Hall–Kier alpha value is -5.61. The van der Waals surface area contributed by atoms with Crippen molar-refractivity contribution < 1.29 is 9.53 Å². The van der Waals surface area contributed by atoms with Crippen LogP contribution in [0.15, 0.2) is 105 Å². The summed E-state index contributed by atoms with van der Waals surface area (Å²) < 4.78 is 5.05. The van der Waals surface area contributed by atoms with E-state index in [9.17, 15) is 4.79 Å². The molecule has 10 heteroatoms. The number of aromatic nitrogens is 2. The van der Waals surface area contributed by atoms with Crippen LogP contribution in [0.3, 0.4) is 0 Å². The lowest BCUT2D eigenvalue weighted by atomic mass is 10.2. The van der Waals surface area contributed by atoms with Gasteiger partial charge in [-0.05, 0) is 73.0 Å². The molecular formula is C29H26N8O2. The molecule has 4 aromatic rings. The van der Waals surface area contributed by atoms with E-state index >= 15 is 0 Å². The summed E-state index contributed by atoms with van der Waals surface area (Å²) in [7, 11) is 0. The molecule has 0 spiro atoms. The maximum Gasteiger partial charge on any atom is 0.333 e. The van der Waals surface area contributed by atoms with Crippen molar-refractivity contribution in [3.05, 3.63) is 107 Å². The van der Waals surface area contributed by atoms with E-state index in [1.165, 1.54) is 5.56 Å². The third kappa shape index (κ3) is 9.08. The molecule has 2 aromatic carbocycles. The van der Waals surface area contributed by atoms with Crippen molar-refractivity contribution in [1.82, 2.24) is 9.97 Å². The molecule has 0 fully saturated rings. The molecule has 4 rings (SSSR count). The molecule has 0 aliphatic heterocycles. The Bertz CT molecular complexity index is 1550. The van der Waals surface area contributed by atoms with E-state index in [-0.39, 0.29) is 6.61 Å². The quantitative estimate of drug-likeness (QED) is 0.139. The van der Waals surface area contributed by atoms with Crippen LogP contribution < -0.4 is 0 Å². The first-order valence-electron chi connectivity index (χ1n) is 11.9. The number of hydrogen-bond donors (Lipinski definition) is 2. The lowest BCUT2D eigenvalue weighted by molar-refractivity contribution is -0.140. The van der Waals surface area contributed by atoms with E-state index in [0.29, 0.717) is 34.3 Å². The minimum absolute atomic E-state index is 0.186. The second kappa shape index (κ2) is 14.2. The molecule has 10 nitrogen and oxygen atoms in total. The number of aryl methyl sites for hydroxylation is 1. The fraction of sp³-hybridized carbons (Fsp3) is 0.138. The number of carbonyl (C=O) groups is 1. The number of aromatic amines is 2. The molecule has 0 unspecified atom stereocenters. The van der Waals surface area contributed by atoms with E-state index in [0.717, 1.165) is 17.7 Å². The normalized spacial score (nSPS) is 10.5. The highest BCUT2D eigenvalue weighted by atomic mass is 16.5. The highest BCUT2D eigenvalue weighted by Gasteiger charge is 2.03. The van der Waals surface area contributed by atoms with Crippen molar-refractivity contribution in [1.29, 1.82) is 10.5 Å². The number of benzene rings is 2. The van der Waals surface area contributed by atoms with E-state index in [2.05, 4.69) is 43.9 Å². The number of hydrogen-bond acceptors (Lipinski definition) is 8. The molecule has 0 aliphatic carbocycles. The lowest BCUT2D eigenvalue weighted by Gasteiger charge is -2.04. The Labute approximate surface area is 226 Å². The van der Waals surface area contributed by atoms with Crippen LogP contribution >= 0.6 is 0 Å². The van der Waals surface area contributed by atoms with Gasteiger partial charge in [-0.15, -0.1) is 20.5 Å². The largest absolute Gasteiger partial charge is 0.457 e. The monoisotopic (exact) mass is 518 g/mol. The molecule has 0 radical (unpaired) electrons. The molecule has 2 heterocycles. The Kier molecular flexibility index (Phi) is 10.2. The SMILES string of the molecule is C=C(C)C(=O)OCc1ccc(N=Nc2ccc(C#N)[nH]2)cc1.CCc1ccc(N=Nc2ccc(C#N)[nH]2)cc1. The molecule has 0 atom stereocenters. The number of nitrogens with one attached hydrogen (secondary N) is 2. The summed E-state index contributed by atoms with van der Waals surface area (Å²) in [5.74, 6) is 0.681. The van der Waals surface area contributed by atoms with Gasteiger partial charge >= 0.3 is 5.97 Å². The first kappa shape index (κ1) is 28.0. The fourth-order valence-electron chi connectivity index (χ4n) is 2.97. The van der Waals surface area contributed by atoms with Crippen LogP contribution in [-0.4, -0.2) is 15.9 Å². The number of esters is 1. The zero-order valence-corrected chi connectivity index (χ0v) is 21.5. The maximum atomic E-state index is 11.3. The maximum absolute atomic E-state index is 11.3. The highest BCUT2D eigenvalue weighted by molar-refractivity contribution is 5.86. The minimum atomic E-state index is -0.413. The summed E-state index contributed by atoms with van der Waals surface area (Å²) in [5.41, 5.74) is 4.87. The number of azo groups is 2. The number of carbonyl (C=O) groups excluding carboxylic acids is 1. The first-order valence-corrected chi connectivity index (χ1v) is 11.9. The van der Waals surface area contributed by atoms with Gasteiger partial charge in [-0.3, -0.25) is 0 Å². The van der Waals surface area contributed by atoms with Crippen molar-refractivity contribution in [2.45, 2.75) is 26.9 Å². The van der Waals surface area contributed by atoms with Gasteiger partial charge in [-0.1, -0.05) is 37.8 Å². The summed E-state index contributed by atoms with van der Waals surface area (Å²) in [5, 5.41) is 33.5. The van der Waals surface area contributed by atoms with E-state index in [1.807, 2.05) is 36.4 Å². The molecular weight excluding hydrogens is 492 g/mol. The molecule has 0 saturated heterocycles. The highest BCUT2D eigenvalue weighted by Crippen LogP contribution is 2.19. The third-order valence-electron chi connectivity index (χ3n) is 5.13. The van der Waals surface area contributed by atoms with E-state index in [4.69, 9.17) is 15.3 Å². The Morgan fingerprint density at radius 2 is 1.23 bits per heavy atom. The molecule has 0 saturated carbocycles. The number of nitrogens with zero attached hydrogens (tertiary/aromatic N) is 6. The van der Waals surface area contributed by atoms with Crippen molar-refractivity contribution in [2.75, 3.05) is 0 Å². The summed E-state index contributed by atoms with van der Waals surface area (Å²) in [6.07, 6.45) is 1.01. The number of nitriles is 2. The standard InChI is InChI=1S/C16H14N4O2.C13H12N4/c1-11(2)16(21)22-10-12-3-5-13(6-4-12)19-20-15-8-7-14(9-17)18-15;1-2-10-3-5-11(6-4-10)16-17-13-8-7-12(9-14)15-13/h3-8,18H,1,10H2,2H3;3-8,15H,2H2,1H3. The van der Waals surface area contributed by atoms with Crippen molar-refractivity contribution >= 4 is 29.0 Å². The summed E-state index contributed by atoms with van der Waals surface area (Å²) in [6, 6.07) is 25.7. The summed E-state index contributed by atoms with van der Waals surface area (Å²) in [4.78, 5) is 16.9. The average Bonchev–Trinajstić information content (AvgIpc) is 3.64. The molecule has 2 aromatic heterocycles. The van der Waals surface area contributed by atoms with Gasteiger partial charge in [0.1, 0.15) is 30.1 Å². The van der Waals surface area contributed by atoms with Gasteiger partial charge in [0.25, 0.3) is 0 Å². The fourth-order valence-corrected chi connectivity index (χ4v) is 2.97. The predicted octanol–water partition coefficient (Wildman–Crippen LogP) is 7.79. The molecule has 194 valence electrons. The van der Waals surface area contributed by atoms with Crippen LogP contribution in [0, 0.1) is 22.7 Å². The van der Waals surface area contributed by atoms with Crippen LogP contribution in [0.25, 0.3) is 0 Å². The number of H-pyrrole nitrogens is 2. The summed E-state index contributed by atoms with van der Waals surface area (Å²) in [6.45, 7) is 7.41. The van der Waals surface area contributed by atoms with E-state index < -0.39 is 5.97 Å². The van der Waals surface area contributed by atoms with Crippen LogP contribution in [0.1, 0.15) is 36.4 Å². The molecule has 2 N–H and O–H groups in total. The minimum Gasteiger partial charge on any atom is -0.457 e. The van der Waals surface area contributed by atoms with Crippen molar-refractivity contribution in [3.63, 3.8) is 0 Å². The van der Waals surface area contributed by atoms with Crippen LogP contribution in [0.4, 0.5) is 23.0 Å². The topological polar surface area (TPSA) is 155 Å². The molecule has 0 bridgehead atoms. The van der Waals surface area contributed by atoms with Gasteiger partial charge in [0.15, 0.2) is 11.6 Å².